The number of carbonyl (C=O) groups excluding carboxylic acids is 3. The van der Waals surface area contributed by atoms with Gasteiger partial charge in [0, 0.05) is 38.8 Å². The zero-order valence-corrected chi connectivity index (χ0v) is 28.9. The number of ketones is 1. The van der Waals surface area contributed by atoms with Crippen molar-refractivity contribution in [3.05, 3.63) is 123 Å². The summed E-state index contributed by atoms with van der Waals surface area (Å²) in [6.07, 6.45) is 0.971. The summed E-state index contributed by atoms with van der Waals surface area (Å²) in [4.78, 5) is 42.7. The molecule has 1 aliphatic carbocycles. The normalized spacial score (nSPS) is 20.8. The number of Topliss-reactive ketones (excluding diaryl/α,β-unsaturated/α-hetero) is 1. The number of nitrogens with one attached hydrogen (secondary N) is 2. The van der Waals surface area contributed by atoms with Crippen molar-refractivity contribution in [1.29, 1.82) is 0 Å². The fourth-order valence-electron chi connectivity index (χ4n) is 6.44. The van der Waals surface area contributed by atoms with Crippen LogP contribution in [0.2, 0.25) is 5.02 Å². The molecule has 1 saturated carbocycles. The molecule has 9 heteroatoms. The number of carbonyl (C=O) groups is 3. The van der Waals surface area contributed by atoms with Crippen LogP contribution in [0.15, 0.2) is 95.5 Å². The lowest BCUT2D eigenvalue weighted by Crippen LogP contribution is -2.56. The third kappa shape index (κ3) is 7.78. The van der Waals surface area contributed by atoms with Crippen LogP contribution in [0.5, 0.6) is 5.75 Å². The van der Waals surface area contributed by atoms with Crippen molar-refractivity contribution in [2.75, 3.05) is 10.6 Å². The van der Waals surface area contributed by atoms with Gasteiger partial charge in [-0.05, 0) is 78.9 Å². The van der Waals surface area contributed by atoms with Gasteiger partial charge in [-0.1, -0.05) is 89.9 Å². The molecule has 1 aliphatic rings. The molecule has 244 valence electrons. The number of amides is 2. The Morgan fingerprint density at radius 2 is 1.47 bits per heavy atom. The molecule has 0 radical (unpaired) electrons. The Bertz CT molecular complexity index is 1770. The maximum atomic E-state index is 14.4. The summed E-state index contributed by atoms with van der Waals surface area (Å²) < 4.78 is 6.98. The summed E-state index contributed by atoms with van der Waals surface area (Å²) in [6.45, 7) is 5.63. The average Bonchev–Trinajstić information content (AvgIpc) is 3.04. The van der Waals surface area contributed by atoms with E-state index in [9.17, 15) is 19.5 Å². The van der Waals surface area contributed by atoms with Crippen molar-refractivity contribution < 1.29 is 24.2 Å². The van der Waals surface area contributed by atoms with Crippen LogP contribution in [0.25, 0.3) is 0 Å². The summed E-state index contributed by atoms with van der Waals surface area (Å²) >= 11 is 9.63. The molecule has 0 spiro atoms. The number of benzene rings is 4. The number of anilines is 2. The van der Waals surface area contributed by atoms with E-state index in [-0.39, 0.29) is 13.0 Å². The van der Waals surface area contributed by atoms with E-state index < -0.39 is 41.0 Å². The SMILES string of the molecule is CCc1ccccc1NC(=O)C1C(=O)CC(C)(O)C(C(=O)Nc2ccccc2CC)C1c1cc(Br)ccc1OCc1ccc(Cl)cc1. The van der Waals surface area contributed by atoms with Crippen molar-refractivity contribution in [2.24, 2.45) is 11.8 Å². The first-order chi connectivity index (χ1) is 22.5. The minimum Gasteiger partial charge on any atom is -0.489 e. The van der Waals surface area contributed by atoms with Gasteiger partial charge < -0.3 is 20.5 Å². The highest BCUT2D eigenvalue weighted by Gasteiger charge is 2.56. The topological polar surface area (TPSA) is 105 Å². The lowest BCUT2D eigenvalue weighted by molar-refractivity contribution is -0.150. The molecular weight excluding hydrogens is 680 g/mol. The van der Waals surface area contributed by atoms with Gasteiger partial charge in [-0.2, -0.15) is 0 Å². The lowest BCUT2D eigenvalue weighted by Gasteiger charge is -2.45. The summed E-state index contributed by atoms with van der Waals surface area (Å²) in [6, 6.07) is 27.4. The molecule has 2 amide bonds. The van der Waals surface area contributed by atoms with Gasteiger partial charge in [0.15, 0.2) is 0 Å². The molecule has 1 fully saturated rings. The first-order valence-corrected chi connectivity index (χ1v) is 16.9. The second-order valence-electron chi connectivity index (χ2n) is 12.1. The van der Waals surface area contributed by atoms with Crippen molar-refractivity contribution in [3.63, 3.8) is 0 Å². The zero-order chi connectivity index (χ0) is 33.7. The Labute approximate surface area is 288 Å². The van der Waals surface area contributed by atoms with Crippen LogP contribution in [-0.4, -0.2) is 28.3 Å². The first kappa shape index (κ1) is 34.4. The van der Waals surface area contributed by atoms with Crippen LogP contribution < -0.4 is 15.4 Å². The van der Waals surface area contributed by atoms with E-state index >= 15 is 0 Å². The Morgan fingerprint density at radius 1 is 0.894 bits per heavy atom. The summed E-state index contributed by atoms with van der Waals surface area (Å²) in [7, 11) is 0. The van der Waals surface area contributed by atoms with Crippen molar-refractivity contribution in [1.82, 2.24) is 0 Å². The van der Waals surface area contributed by atoms with E-state index in [1.54, 1.807) is 42.5 Å². The Kier molecular flexibility index (Phi) is 10.8. The monoisotopic (exact) mass is 716 g/mol. The Hall–Kier alpha value is -3.98. The minimum absolute atomic E-state index is 0.171. The molecule has 4 unspecified atom stereocenters. The molecular formula is C38H38BrClN2O5. The molecule has 7 nitrogen and oxygen atoms in total. The highest BCUT2D eigenvalue weighted by molar-refractivity contribution is 9.10. The molecule has 47 heavy (non-hydrogen) atoms. The van der Waals surface area contributed by atoms with Crippen LogP contribution in [0, 0.1) is 11.8 Å². The van der Waals surface area contributed by atoms with Gasteiger partial charge >= 0.3 is 0 Å². The molecule has 3 N–H and O–H groups in total. The number of aliphatic hydroxyl groups is 1. The van der Waals surface area contributed by atoms with E-state index in [2.05, 4.69) is 26.6 Å². The molecule has 5 rings (SSSR count). The predicted octanol–water partition coefficient (Wildman–Crippen LogP) is 8.12. The van der Waals surface area contributed by atoms with Crippen molar-refractivity contribution in [2.45, 2.75) is 58.2 Å². The number of aryl methyl sites for hydroxylation is 2. The second kappa shape index (κ2) is 14.8. The fraction of sp³-hybridized carbons (Fsp3) is 0.289. The number of ether oxygens (including phenoxy) is 1. The molecule has 4 aromatic rings. The number of para-hydroxylation sites is 2. The van der Waals surface area contributed by atoms with Crippen molar-refractivity contribution >= 4 is 56.5 Å². The average molecular weight is 718 g/mol. The van der Waals surface area contributed by atoms with Gasteiger partial charge in [0.05, 0.1) is 11.5 Å². The first-order valence-electron chi connectivity index (χ1n) is 15.7. The minimum atomic E-state index is -1.78. The number of halogens is 2. The van der Waals surface area contributed by atoms with E-state index in [0.29, 0.717) is 45.0 Å². The second-order valence-corrected chi connectivity index (χ2v) is 13.4. The van der Waals surface area contributed by atoms with Crippen LogP contribution in [0.4, 0.5) is 11.4 Å². The Morgan fingerprint density at radius 3 is 2.06 bits per heavy atom. The third-order valence-electron chi connectivity index (χ3n) is 8.78. The summed E-state index contributed by atoms with van der Waals surface area (Å²) in [5, 5.41) is 18.5. The summed E-state index contributed by atoms with van der Waals surface area (Å²) in [5.41, 5.74) is 2.56. The quantitative estimate of drug-likeness (QED) is 0.144. The standard InChI is InChI=1S/C38H38BrClN2O5/c1-4-24-10-6-8-12-29(24)41-36(44)34-31(43)21-38(3,46)35(37(45)42-30-13-9-7-11-25(30)5-2)33(34)28-20-26(39)16-19-32(28)47-22-23-14-17-27(40)18-15-23/h6-20,33-35,46H,4-5,21-22H2,1-3H3,(H,41,44)(H,42,45). The van der Waals surface area contributed by atoms with E-state index in [1.165, 1.54) is 6.92 Å². The van der Waals surface area contributed by atoms with Gasteiger partial charge in [-0.15, -0.1) is 0 Å². The smallest absolute Gasteiger partial charge is 0.235 e. The molecule has 4 aromatic carbocycles. The predicted molar refractivity (Wildman–Crippen MR) is 189 cm³/mol. The Balaban J connectivity index is 1.62. The number of hydrogen-bond donors (Lipinski definition) is 3. The van der Waals surface area contributed by atoms with Crippen LogP contribution >= 0.6 is 27.5 Å². The van der Waals surface area contributed by atoms with Gasteiger partial charge in [-0.3, -0.25) is 14.4 Å². The van der Waals surface area contributed by atoms with Gasteiger partial charge in [0.25, 0.3) is 0 Å². The molecule has 0 saturated heterocycles. The van der Waals surface area contributed by atoms with Crippen molar-refractivity contribution in [3.8, 4) is 5.75 Å². The number of hydrogen-bond acceptors (Lipinski definition) is 5. The maximum absolute atomic E-state index is 14.4. The van der Waals surface area contributed by atoms with E-state index in [0.717, 1.165) is 16.7 Å². The molecule has 4 atom stereocenters. The van der Waals surface area contributed by atoms with Crippen LogP contribution in [0.3, 0.4) is 0 Å². The number of rotatable bonds is 10. The van der Waals surface area contributed by atoms with E-state index in [1.807, 2.05) is 62.4 Å². The lowest BCUT2D eigenvalue weighted by atomic mass is 9.61. The van der Waals surface area contributed by atoms with Crippen LogP contribution in [0.1, 0.15) is 55.4 Å². The van der Waals surface area contributed by atoms with Gasteiger partial charge in [0.1, 0.15) is 24.1 Å². The molecule has 0 aromatic heterocycles. The van der Waals surface area contributed by atoms with Gasteiger partial charge in [0.2, 0.25) is 11.8 Å². The highest BCUT2D eigenvalue weighted by Crippen LogP contribution is 2.49. The molecule has 0 aliphatic heterocycles. The third-order valence-corrected chi connectivity index (χ3v) is 9.53. The highest BCUT2D eigenvalue weighted by atomic mass is 79.9. The largest absolute Gasteiger partial charge is 0.489 e. The van der Waals surface area contributed by atoms with Crippen LogP contribution in [-0.2, 0) is 33.8 Å². The maximum Gasteiger partial charge on any atom is 0.235 e. The molecule has 0 bridgehead atoms. The summed E-state index contributed by atoms with van der Waals surface area (Å²) in [5.74, 6) is -4.70. The fourth-order valence-corrected chi connectivity index (χ4v) is 6.95. The van der Waals surface area contributed by atoms with E-state index in [4.69, 9.17) is 16.3 Å². The molecule has 0 heterocycles. The van der Waals surface area contributed by atoms with Gasteiger partial charge in [-0.25, -0.2) is 0 Å². The zero-order valence-electron chi connectivity index (χ0n) is 26.6.